The van der Waals surface area contributed by atoms with Gasteiger partial charge in [-0.05, 0) is 63.8 Å². The molecule has 1 fully saturated rings. The molecular formula is C18H27NO. The molecule has 1 aromatic carbocycles. The number of Topliss-reactive ketones (excluding diaryl/α,β-unsaturated/α-hetero) is 1. The van der Waals surface area contributed by atoms with Gasteiger partial charge >= 0.3 is 0 Å². The van der Waals surface area contributed by atoms with Crippen LogP contribution in [0.25, 0.3) is 0 Å². The maximum Gasteiger partial charge on any atom is 0.131 e. The largest absolute Gasteiger partial charge is 0.300 e. The van der Waals surface area contributed by atoms with Crippen molar-refractivity contribution in [3.63, 3.8) is 0 Å². The normalized spacial score (nSPS) is 20.1. The van der Waals surface area contributed by atoms with Crippen LogP contribution in [0.5, 0.6) is 0 Å². The Bertz CT molecular complexity index is 469. The van der Waals surface area contributed by atoms with E-state index in [0.29, 0.717) is 18.2 Å². The van der Waals surface area contributed by atoms with E-state index in [1.54, 1.807) is 6.92 Å². The van der Waals surface area contributed by atoms with Crippen molar-refractivity contribution in [2.24, 2.45) is 0 Å². The van der Waals surface area contributed by atoms with Crippen molar-refractivity contribution in [2.45, 2.75) is 66.0 Å². The van der Waals surface area contributed by atoms with E-state index < -0.39 is 0 Å². The third kappa shape index (κ3) is 3.69. The second-order valence-corrected chi connectivity index (χ2v) is 6.40. The van der Waals surface area contributed by atoms with E-state index in [0.717, 1.165) is 13.1 Å². The first kappa shape index (κ1) is 15.2. The number of carbonyl (C=O) groups is 1. The van der Waals surface area contributed by atoms with Gasteiger partial charge in [-0.1, -0.05) is 24.1 Å². The quantitative estimate of drug-likeness (QED) is 0.828. The topological polar surface area (TPSA) is 20.3 Å². The van der Waals surface area contributed by atoms with Crippen molar-refractivity contribution >= 4 is 5.78 Å². The summed E-state index contributed by atoms with van der Waals surface area (Å²) in [6, 6.07) is 4.99. The van der Waals surface area contributed by atoms with Crippen molar-refractivity contribution in [1.29, 1.82) is 0 Å². The third-order valence-electron chi connectivity index (χ3n) is 4.47. The Kier molecular flexibility index (Phi) is 4.98. The summed E-state index contributed by atoms with van der Waals surface area (Å²) in [5.74, 6) is 0.319. The Hall–Kier alpha value is -1.15. The van der Waals surface area contributed by atoms with Crippen LogP contribution in [-0.2, 0) is 11.3 Å². The third-order valence-corrected chi connectivity index (χ3v) is 4.47. The fourth-order valence-corrected chi connectivity index (χ4v) is 3.49. The fourth-order valence-electron chi connectivity index (χ4n) is 3.49. The van der Waals surface area contributed by atoms with Crippen LogP contribution in [0.2, 0.25) is 0 Å². The van der Waals surface area contributed by atoms with Gasteiger partial charge in [-0.3, -0.25) is 9.69 Å². The van der Waals surface area contributed by atoms with Crippen LogP contribution < -0.4 is 0 Å². The maximum atomic E-state index is 11.5. The molecule has 1 heterocycles. The monoisotopic (exact) mass is 273 g/mol. The molecule has 1 unspecified atom stereocenters. The van der Waals surface area contributed by atoms with E-state index in [-0.39, 0.29) is 0 Å². The summed E-state index contributed by atoms with van der Waals surface area (Å²) in [6.07, 6.45) is 4.41. The average Bonchev–Trinajstić information content (AvgIpc) is 2.34. The summed E-state index contributed by atoms with van der Waals surface area (Å²) in [6.45, 7) is 10.4. The zero-order valence-corrected chi connectivity index (χ0v) is 13.3. The van der Waals surface area contributed by atoms with Gasteiger partial charge in [-0.15, -0.1) is 0 Å². The fraction of sp³-hybridized carbons (Fsp3) is 0.611. The Morgan fingerprint density at radius 2 is 1.85 bits per heavy atom. The highest BCUT2D eigenvalue weighted by atomic mass is 16.1. The van der Waals surface area contributed by atoms with Crippen LogP contribution >= 0.6 is 0 Å². The SMILES string of the molecule is CC(=O)CC1CCCCN1Cc1c(C)cc(C)cc1C. The first-order chi connectivity index (χ1) is 9.47. The van der Waals surface area contributed by atoms with Crippen molar-refractivity contribution in [3.05, 3.63) is 34.4 Å². The standard InChI is InChI=1S/C18H27NO/c1-13-9-14(2)18(15(3)10-13)12-19-8-6-5-7-17(19)11-16(4)20/h9-10,17H,5-8,11-12H2,1-4H3. The number of hydrogen-bond acceptors (Lipinski definition) is 2. The highest BCUT2D eigenvalue weighted by molar-refractivity contribution is 5.76. The number of benzene rings is 1. The Morgan fingerprint density at radius 3 is 2.45 bits per heavy atom. The van der Waals surface area contributed by atoms with Gasteiger partial charge in [0, 0.05) is 19.0 Å². The van der Waals surface area contributed by atoms with Gasteiger partial charge < -0.3 is 0 Å². The molecule has 0 aliphatic carbocycles. The summed E-state index contributed by atoms with van der Waals surface area (Å²) in [7, 11) is 0. The van der Waals surface area contributed by atoms with Crippen LogP contribution in [0, 0.1) is 20.8 Å². The number of nitrogens with zero attached hydrogens (tertiary/aromatic N) is 1. The molecule has 0 amide bonds. The highest BCUT2D eigenvalue weighted by Crippen LogP contribution is 2.25. The van der Waals surface area contributed by atoms with Gasteiger partial charge in [0.25, 0.3) is 0 Å². The lowest BCUT2D eigenvalue weighted by atomic mass is 9.94. The number of carbonyl (C=O) groups excluding carboxylic acids is 1. The van der Waals surface area contributed by atoms with Crippen LogP contribution in [0.15, 0.2) is 12.1 Å². The van der Waals surface area contributed by atoms with E-state index >= 15 is 0 Å². The second kappa shape index (κ2) is 6.53. The Labute approximate surface area is 123 Å². The molecule has 1 aromatic rings. The summed E-state index contributed by atoms with van der Waals surface area (Å²) in [4.78, 5) is 14.0. The molecule has 20 heavy (non-hydrogen) atoms. The van der Waals surface area contributed by atoms with Crippen molar-refractivity contribution < 1.29 is 4.79 Å². The number of piperidine rings is 1. The lowest BCUT2D eigenvalue weighted by Crippen LogP contribution is -2.40. The van der Waals surface area contributed by atoms with Crippen molar-refractivity contribution in [2.75, 3.05) is 6.54 Å². The van der Waals surface area contributed by atoms with E-state index in [1.165, 1.54) is 41.5 Å². The van der Waals surface area contributed by atoms with E-state index in [9.17, 15) is 4.79 Å². The van der Waals surface area contributed by atoms with Gasteiger partial charge in [0.05, 0.1) is 0 Å². The molecule has 1 aliphatic heterocycles. The van der Waals surface area contributed by atoms with Crippen LogP contribution in [0.4, 0.5) is 0 Å². The van der Waals surface area contributed by atoms with Gasteiger partial charge in [0.2, 0.25) is 0 Å². The van der Waals surface area contributed by atoms with Gasteiger partial charge in [-0.25, -0.2) is 0 Å². The molecular weight excluding hydrogens is 246 g/mol. The zero-order valence-electron chi connectivity index (χ0n) is 13.3. The molecule has 2 nitrogen and oxygen atoms in total. The first-order valence-electron chi connectivity index (χ1n) is 7.77. The lowest BCUT2D eigenvalue weighted by molar-refractivity contribution is -0.118. The maximum absolute atomic E-state index is 11.5. The number of rotatable bonds is 4. The molecule has 2 heteroatoms. The minimum atomic E-state index is 0.319. The van der Waals surface area contributed by atoms with E-state index in [2.05, 4.69) is 37.8 Å². The predicted octanol–water partition coefficient (Wildman–Crippen LogP) is 3.95. The zero-order chi connectivity index (χ0) is 14.7. The lowest BCUT2D eigenvalue weighted by Gasteiger charge is -2.36. The van der Waals surface area contributed by atoms with Crippen molar-refractivity contribution in [1.82, 2.24) is 4.90 Å². The molecule has 0 radical (unpaired) electrons. The minimum Gasteiger partial charge on any atom is -0.300 e. The molecule has 0 N–H and O–H groups in total. The van der Waals surface area contributed by atoms with Crippen molar-refractivity contribution in [3.8, 4) is 0 Å². The number of ketones is 1. The average molecular weight is 273 g/mol. The summed E-state index contributed by atoms with van der Waals surface area (Å²) >= 11 is 0. The molecule has 1 aliphatic rings. The smallest absolute Gasteiger partial charge is 0.131 e. The second-order valence-electron chi connectivity index (χ2n) is 6.40. The highest BCUT2D eigenvalue weighted by Gasteiger charge is 2.24. The van der Waals surface area contributed by atoms with E-state index in [4.69, 9.17) is 0 Å². The Balaban J connectivity index is 2.16. The Morgan fingerprint density at radius 1 is 1.20 bits per heavy atom. The predicted molar refractivity (Wildman–Crippen MR) is 84.0 cm³/mol. The number of likely N-dealkylation sites (tertiary alicyclic amines) is 1. The molecule has 0 aromatic heterocycles. The van der Waals surface area contributed by atoms with Crippen LogP contribution in [0.3, 0.4) is 0 Å². The summed E-state index contributed by atoms with van der Waals surface area (Å²) < 4.78 is 0. The molecule has 110 valence electrons. The number of aryl methyl sites for hydroxylation is 3. The van der Waals surface area contributed by atoms with Gasteiger partial charge in [-0.2, -0.15) is 0 Å². The molecule has 0 saturated carbocycles. The first-order valence-corrected chi connectivity index (χ1v) is 7.77. The summed E-state index contributed by atoms with van der Waals surface area (Å²) in [5, 5.41) is 0. The van der Waals surface area contributed by atoms with Gasteiger partial charge in [0.1, 0.15) is 5.78 Å². The van der Waals surface area contributed by atoms with Crippen LogP contribution in [-0.4, -0.2) is 23.3 Å². The number of hydrogen-bond donors (Lipinski definition) is 0. The molecule has 1 saturated heterocycles. The van der Waals surface area contributed by atoms with E-state index in [1.807, 2.05) is 0 Å². The minimum absolute atomic E-state index is 0.319. The molecule has 2 rings (SSSR count). The molecule has 0 spiro atoms. The summed E-state index contributed by atoms with van der Waals surface area (Å²) in [5.41, 5.74) is 5.55. The van der Waals surface area contributed by atoms with Gasteiger partial charge in [0.15, 0.2) is 0 Å². The molecule has 0 bridgehead atoms. The van der Waals surface area contributed by atoms with Crippen LogP contribution in [0.1, 0.15) is 54.9 Å². The molecule has 1 atom stereocenters.